The summed E-state index contributed by atoms with van der Waals surface area (Å²) in [5, 5.41) is 0. The maximum atomic E-state index is 12.1. The number of hydrogen-bond acceptors (Lipinski definition) is 4. The molecule has 6 heteroatoms. The summed E-state index contributed by atoms with van der Waals surface area (Å²) < 4.78 is 37.1. The van der Waals surface area contributed by atoms with Crippen molar-refractivity contribution in [2.75, 3.05) is 13.8 Å². The standard InChI is InChI=1S/C6H8FO4P/c1-3-5-6(4-7)11-12(8,9-2)10-5/h1,5-6H,4H2,2H3. The van der Waals surface area contributed by atoms with E-state index in [9.17, 15) is 8.96 Å². The second-order valence-electron chi connectivity index (χ2n) is 2.12. The van der Waals surface area contributed by atoms with Gasteiger partial charge in [-0.3, -0.25) is 13.6 Å². The van der Waals surface area contributed by atoms with E-state index >= 15 is 0 Å². The van der Waals surface area contributed by atoms with Gasteiger partial charge in [-0.15, -0.1) is 6.42 Å². The lowest BCUT2D eigenvalue weighted by atomic mass is 10.2. The number of rotatable bonds is 2. The van der Waals surface area contributed by atoms with Crippen molar-refractivity contribution < 1.29 is 22.5 Å². The summed E-state index contributed by atoms with van der Waals surface area (Å²) in [5.74, 6) is 2.11. The lowest BCUT2D eigenvalue weighted by Gasteiger charge is -2.04. The molecule has 3 atom stereocenters. The van der Waals surface area contributed by atoms with Gasteiger partial charge in [0, 0.05) is 7.11 Å². The Morgan fingerprint density at radius 3 is 2.75 bits per heavy atom. The Hall–Kier alpha value is -0.400. The lowest BCUT2D eigenvalue weighted by molar-refractivity contribution is 0.155. The second-order valence-corrected chi connectivity index (χ2v) is 3.80. The molecule has 0 spiro atoms. The topological polar surface area (TPSA) is 44.8 Å². The highest BCUT2D eigenvalue weighted by Gasteiger charge is 2.44. The molecule has 68 valence electrons. The Kier molecular flexibility index (Phi) is 2.86. The maximum Gasteiger partial charge on any atom is 0.476 e. The quantitative estimate of drug-likeness (QED) is 0.488. The molecule has 0 amide bonds. The SMILES string of the molecule is C#CC1OP(=O)(OC)OC1CF. The first-order chi connectivity index (χ1) is 5.65. The number of hydrogen-bond donors (Lipinski definition) is 0. The van der Waals surface area contributed by atoms with Crippen molar-refractivity contribution in [3.05, 3.63) is 0 Å². The summed E-state index contributed by atoms with van der Waals surface area (Å²) in [5.41, 5.74) is 0. The van der Waals surface area contributed by atoms with Crippen LogP contribution in [0.1, 0.15) is 0 Å². The van der Waals surface area contributed by atoms with Crippen LogP contribution in [0.25, 0.3) is 0 Å². The van der Waals surface area contributed by atoms with Crippen molar-refractivity contribution in [1.82, 2.24) is 0 Å². The van der Waals surface area contributed by atoms with Crippen LogP contribution >= 0.6 is 7.82 Å². The first-order valence-electron chi connectivity index (χ1n) is 3.20. The fourth-order valence-corrected chi connectivity index (χ4v) is 1.98. The molecule has 12 heavy (non-hydrogen) atoms. The Morgan fingerprint density at radius 1 is 1.75 bits per heavy atom. The number of phosphoric acid groups is 1. The smallest absolute Gasteiger partial charge is 0.290 e. The Bertz CT molecular complexity index is 248. The van der Waals surface area contributed by atoms with Crippen molar-refractivity contribution in [1.29, 1.82) is 0 Å². The zero-order valence-electron chi connectivity index (χ0n) is 6.40. The van der Waals surface area contributed by atoms with E-state index in [1.165, 1.54) is 0 Å². The second kappa shape index (κ2) is 3.55. The van der Waals surface area contributed by atoms with Crippen LogP contribution in [0.3, 0.4) is 0 Å². The zero-order valence-corrected chi connectivity index (χ0v) is 7.29. The molecule has 1 aliphatic heterocycles. The first-order valence-corrected chi connectivity index (χ1v) is 4.66. The predicted molar refractivity (Wildman–Crippen MR) is 39.2 cm³/mol. The molecule has 0 saturated carbocycles. The van der Waals surface area contributed by atoms with E-state index in [1.807, 2.05) is 0 Å². The minimum absolute atomic E-state index is 0.845. The third kappa shape index (κ3) is 1.67. The third-order valence-electron chi connectivity index (χ3n) is 1.38. The van der Waals surface area contributed by atoms with E-state index in [-0.39, 0.29) is 0 Å². The van der Waals surface area contributed by atoms with Crippen LogP contribution in [0.15, 0.2) is 0 Å². The Morgan fingerprint density at radius 2 is 2.42 bits per heavy atom. The van der Waals surface area contributed by atoms with Gasteiger partial charge in [-0.05, 0) is 0 Å². The van der Waals surface area contributed by atoms with Crippen LogP contribution in [0.5, 0.6) is 0 Å². The maximum absolute atomic E-state index is 12.1. The zero-order chi connectivity index (χ0) is 9.19. The summed E-state index contributed by atoms with van der Waals surface area (Å²) in [6.07, 6.45) is 3.06. The number of alkyl halides is 1. The normalized spacial score (nSPS) is 41.1. The van der Waals surface area contributed by atoms with Crippen molar-refractivity contribution in [3.8, 4) is 12.3 Å². The van der Waals surface area contributed by atoms with Crippen molar-refractivity contribution in [2.45, 2.75) is 12.2 Å². The van der Waals surface area contributed by atoms with Gasteiger partial charge in [0.2, 0.25) is 0 Å². The largest absolute Gasteiger partial charge is 0.476 e. The molecular weight excluding hydrogens is 186 g/mol. The number of halogens is 1. The van der Waals surface area contributed by atoms with Gasteiger partial charge in [0.25, 0.3) is 0 Å². The monoisotopic (exact) mass is 194 g/mol. The van der Waals surface area contributed by atoms with Gasteiger partial charge in [0.05, 0.1) is 0 Å². The summed E-state index contributed by atoms with van der Waals surface area (Å²) in [6, 6.07) is 0. The van der Waals surface area contributed by atoms with Gasteiger partial charge in [-0.2, -0.15) is 0 Å². The van der Waals surface area contributed by atoms with E-state index in [4.69, 9.17) is 6.42 Å². The van der Waals surface area contributed by atoms with Gasteiger partial charge in [-0.25, -0.2) is 8.96 Å². The third-order valence-corrected chi connectivity index (χ3v) is 2.85. The molecule has 1 heterocycles. The summed E-state index contributed by atoms with van der Waals surface area (Å²) in [4.78, 5) is 0. The number of terminal acetylenes is 1. The summed E-state index contributed by atoms with van der Waals surface area (Å²) >= 11 is 0. The fraction of sp³-hybridized carbons (Fsp3) is 0.667. The van der Waals surface area contributed by atoms with Gasteiger partial charge in [0.1, 0.15) is 12.8 Å². The lowest BCUT2D eigenvalue weighted by Crippen LogP contribution is -2.22. The van der Waals surface area contributed by atoms with E-state index in [0.29, 0.717) is 0 Å². The molecule has 0 aromatic rings. The molecule has 1 fully saturated rings. The molecule has 3 unspecified atom stereocenters. The molecule has 0 bridgehead atoms. The van der Waals surface area contributed by atoms with Crippen LogP contribution in [-0.2, 0) is 18.1 Å². The fourth-order valence-electron chi connectivity index (χ4n) is 0.786. The van der Waals surface area contributed by atoms with Crippen LogP contribution in [0.4, 0.5) is 4.39 Å². The van der Waals surface area contributed by atoms with E-state index in [0.717, 1.165) is 7.11 Å². The van der Waals surface area contributed by atoms with Crippen LogP contribution in [0.2, 0.25) is 0 Å². The summed E-state index contributed by atoms with van der Waals surface area (Å²) in [7, 11) is -2.43. The molecule has 0 aliphatic carbocycles. The molecule has 0 aromatic heterocycles. The van der Waals surface area contributed by atoms with Crippen LogP contribution in [0, 0.1) is 12.3 Å². The highest BCUT2D eigenvalue weighted by molar-refractivity contribution is 7.48. The Labute approximate surface area is 69.6 Å². The van der Waals surface area contributed by atoms with E-state index in [2.05, 4.69) is 19.5 Å². The van der Waals surface area contributed by atoms with Crippen molar-refractivity contribution >= 4 is 7.82 Å². The average molecular weight is 194 g/mol. The van der Waals surface area contributed by atoms with Gasteiger partial charge in [0.15, 0.2) is 6.10 Å². The molecule has 4 nitrogen and oxygen atoms in total. The predicted octanol–water partition coefficient (Wildman–Crippen LogP) is 1.13. The highest BCUT2D eigenvalue weighted by atomic mass is 31.2. The van der Waals surface area contributed by atoms with E-state index < -0.39 is 26.7 Å². The van der Waals surface area contributed by atoms with Crippen LogP contribution < -0.4 is 0 Å². The minimum Gasteiger partial charge on any atom is -0.290 e. The molecule has 1 aliphatic rings. The Balaban J connectivity index is 2.73. The van der Waals surface area contributed by atoms with Gasteiger partial charge >= 0.3 is 7.82 Å². The van der Waals surface area contributed by atoms with Crippen molar-refractivity contribution in [2.24, 2.45) is 0 Å². The number of phosphoric ester groups is 1. The average Bonchev–Trinajstić information content (AvgIpc) is 2.43. The summed E-state index contributed by atoms with van der Waals surface area (Å²) in [6.45, 7) is -0.845. The first kappa shape index (κ1) is 9.69. The molecule has 0 aromatic carbocycles. The minimum atomic E-state index is -3.58. The molecule has 1 saturated heterocycles. The molecule has 0 N–H and O–H groups in total. The highest BCUT2D eigenvalue weighted by Crippen LogP contribution is 2.56. The molecule has 1 rings (SSSR count). The van der Waals surface area contributed by atoms with Crippen molar-refractivity contribution in [3.63, 3.8) is 0 Å². The van der Waals surface area contributed by atoms with Gasteiger partial charge in [-0.1, -0.05) is 5.92 Å². The molecular formula is C6H8FO4P. The van der Waals surface area contributed by atoms with Gasteiger partial charge < -0.3 is 0 Å². The molecule has 0 radical (unpaired) electrons. The van der Waals surface area contributed by atoms with E-state index in [1.54, 1.807) is 0 Å². The van der Waals surface area contributed by atoms with Crippen LogP contribution in [-0.4, -0.2) is 26.0 Å².